The number of rotatable bonds is 6. The number of anilines is 1. The Morgan fingerprint density at radius 1 is 1.06 bits per heavy atom. The predicted octanol–water partition coefficient (Wildman–Crippen LogP) is 3.91. The second kappa shape index (κ2) is 10.3. The number of nitrogen functional groups attached to an aromatic ring is 1. The van der Waals surface area contributed by atoms with Crippen molar-refractivity contribution in [3.63, 3.8) is 0 Å². The van der Waals surface area contributed by atoms with E-state index in [1.165, 1.54) is 0 Å². The highest BCUT2D eigenvalue weighted by molar-refractivity contribution is 7.89. The van der Waals surface area contributed by atoms with Crippen molar-refractivity contribution in [1.82, 2.24) is 9.62 Å². The van der Waals surface area contributed by atoms with E-state index >= 15 is 0 Å². The number of likely N-dealkylation sites (N-methyl/N-ethyl adjacent to an activating group) is 1. The highest BCUT2D eigenvalue weighted by Crippen LogP contribution is 2.24. The molecule has 176 valence electrons. The standard InChI is InChI=1S/C27H29N3O3S/c1-30(24-13-4-5-14-24)27(31)26(15-7-9-20-8-6-12-23(28)18-20)29-34(32,33)25-17-16-21-10-2-3-11-22(21)19-25/h2-3,6,8,10-12,16-19,24,26,29H,4-5,13-15,28H2,1H3/t26-/m0/s1. The third-order valence-electron chi connectivity index (χ3n) is 6.27. The van der Waals surface area contributed by atoms with Crippen LogP contribution >= 0.6 is 0 Å². The smallest absolute Gasteiger partial charge is 0.241 e. The van der Waals surface area contributed by atoms with Crippen LogP contribution in [0, 0.1) is 11.8 Å². The van der Waals surface area contributed by atoms with E-state index in [2.05, 4.69) is 16.6 Å². The molecule has 0 unspecified atom stereocenters. The molecule has 6 nitrogen and oxygen atoms in total. The minimum Gasteiger partial charge on any atom is -0.399 e. The molecule has 0 aliphatic heterocycles. The number of carbonyl (C=O) groups excluding carboxylic acids is 1. The van der Waals surface area contributed by atoms with Crippen LogP contribution in [0.25, 0.3) is 10.8 Å². The topological polar surface area (TPSA) is 92.5 Å². The zero-order valence-electron chi connectivity index (χ0n) is 19.2. The van der Waals surface area contributed by atoms with E-state index in [0.717, 1.165) is 36.5 Å². The van der Waals surface area contributed by atoms with Crippen molar-refractivity contribution in [1.29, 1.82) is 0 Å². The summed E-state index contributed by atoms with van der Waals surface area (Å²) in [7, 11) is -2.19. The van der Waals surface area contributed by atoms with Gasteiger partial charge in [-0.1, -0.05) is 61.1 Å². The van der Waals surface area contributed by atoms with Crippen LogP contribution in [0.3, 0.4) is 0 Å². The molecule has 34 heavy (non-hydrogen) atoms. The number of sulfonamides is 1. The highest BCUT2D eigenvalue weighted by atomic mass is 32.2. The maximum atomic E-state index is 13.4. The summed E-state index contributed by atoms with van der Waals surface area (Å²) in [6.45, 7) is 0. The SMILES string of the molecule is CN(C(=O)[C@H](CC#Cc1cccc(N)c1)NS(=O)(=O)c1ccc2ccccc2c1)C1CCCC1. The molecule has 1 aliphatic carbocycles. The first-order valence-corrected chi connectivity index (χ1v) is 12.9. The Hall–Kier alpha value is -3.34. The Labute approximate surface area is 201 Å². The summed E-state index contributed by atoms with van der Waals surface area (Å²) in [6, 6.07) is 18.8. The first kappa shape index (κ1) is 23.8. The summed E-state index contributed by atoms with van der Waals surface area (Å²) >= 11 is 0. The molecular weight excluding hydrogens is 446 g/mol. The number of nitrogens with one attached hydrogen (secondary N) is 1. The molecule has 3 aromatic rings. The molecule has 0 radical (unpaired) electrons. The summed E-state index contributed by atoms with van der Waals surface area (Å²) in [5.41, 5.74) is 7.13. The molecule has 0 aromatic heterocycles. The van der Waals surface area contributed by atoms with E-state index < -0.39 is 16.1 Å². The van der Waals surface area contributed by atoms with Gasteiger partial charge in [0.1, 0.15) is 6.04 Å². The quantitative estimate of drug-likeness (QED) is 0.418. The van der Waals surface area contributed by atoms with Gasteiger partial charge < -0.3 is 10.6 Å². The van der Waals surface area contributed by atoms with Gasteiger partial charge in [-0.2, -0.15) is 4.72 Å². The van der Waals surface area contributed by atoms with E-state index in [0.29, 0.717) is 11.3 Å². The third-order valence-corrected chi connectivity index (χ3v) is 7.74. The van der Waals surface area contributed by atoms with Crippen molar-refractivity contribution in [3.8, 4) is 11.8 Å². The lowest BCUT2D eigenvalue weighted by Gasteiger charge is -2.28. The van der Waals surface area contributed by atoms with Crippen molar-refractivity contribution in [3.05, 3.63) is 72.3 Å². The molecule has 1 aliphatic rings. The van der Waals surface area contributed by atoms with Gasteiger partial charge in [-0.25, -0.2) is 8.42 Å². The van der Waals surface area contributed by atoms with E-state index in [-0.39, 0.29) is 23.3 Å². The van der Waals surface area contributed by atoms with Crippen molar-refractivity contribution in [2.45, 2.75) is 49.1 Å². The van der Waals surface area contributed by atoms with E-state index in [4.69, 9.17) is 5.73 Å². The van der Waals surface area contributed by atoms with Crippen molar-refractivity contribution < 1.29 is 13.2 Å². The van der Waals surface area contributed by atoms with Gasteiger partial charge in [0.15, 0.2) is 0 Å². The lowest BCUT2D eigenvalue weighted by molar-refractivity contribution is -0.133. The molecule has 0 saturated heterocycles. The fourth-order valence-electron chi connectivity index (χ4n) is 4.36. The Morgan fingerprint density at radius 3 is 2.53 bits per heavy atom. The van der Waals surface area contributed by atoms with Crippen LogP contribution in [0.2, 0.25) is 0 Å². The molecule has 0 heterocycles. The third kappa shape index (κ3) is 5.58. The minimum absolute atomic E-state index is 0.0531. The average molecular weight is 476 g/mol. The van der Waals surface area contributed by atoms with E-state index in [1.807, 2.05) is 30.3 Å². The molecule has 1 amide bonds. The van der Waals surface area contributed by atoms with Gasteiger partial charge in [0.2, 0.25) is 15.9 Å². The molecule has 3 aromatic carbocycles. The number of hydrogen-bond acceptors (Lipinski definition) is 4. The number of amides is 1. The summed E-state index contributed by atoms with van der Waals surface area (Å²) in [5, 5.41) is 1.76. The normalized spacial score (nSPS) is 15.0. The Balaban J connectivity index is 1.60. The number of fused-ring (bicyclic) bond motifs is 1. The molecule has 0 spiro atoms. The summed E-state index contributed by atoms with van der Waals surface area (Å²) in [4.78, 5) is 15.2. The van der Waals surface area contributed by atoms with Crippen LogP contribution in [0.15, 0.2) is 71.6 Å². The maximum absolute atomic E-state index is 13.4. The van der Waals surface area contributed by atoms with Gasteiger partial charge >= 0.3 is 0 Å². The molecule has 4 rings (SSSR count). The first-order valence-electron chi connectivity index (χ1n) is 11.5. The number of carbonyl (C=O) groups is 1. The predicted molar refractivity (Wildman–Crippen MR) is 135 cm³/mol. The van der Waals surface area contributed by atoms with Crippen LogP contribution < -0.4 is 10.5 Å². The molecule has 1 atom stereocenters. The van der Waals surface area contributed by atoms with Crippen molar-refractivity contribution in [2.75, 3.05) is 12.8 Å². The lowest BCUT2D eigenvalue weighted by atomic mass is 10.1. The number of hydrogen-bond donors (Lipinski definition) is 2. The fraction of sp³-hybridized carbons (Fsp3) is 0.296. The van der Waals surface area contributed by atoms with Crippen LogP contribution in [-0.2, 0) is 14.8 Å². The molecule has 1 fully saturated rings. The molecule has 3 N–H and O–H groups in total. The fourth-order valence-corrected chi connectivity index (χ4v) is 5.58. The zero-order chi connectivity index (χ0) is 24.1. The molecule has 7 heteroatoms. The average Bonchev–Trinajstić information content (AvgIpc) is 3.37. The van der Waals surface area contributed by atoms with Gasteiger partial charge in [-0.05, 0) is 53.9 Å². The molecule has 0 bridgehead atoms. The lowest BCUT2D eigenvalue weighted by Crippen LogP contribution is -2.49. The summed E-state index contributed by atoms with van der Waals surface area (Å²) < 4.78 is 29.2. The maximum Gasteiger partial charge on any atom is 0.241 e. The van der Waals surface area contributed by atoms with E-state index in [1.54, 1.807) is 48.3 Å². The Morgan fingerprint density at radius 2 is 1.79 bits per heavy atom. The first-order chi connectivity index (χ1) is 16.3. The number of benzene rings is 3. The monoisotopic (exact) mass is 475 g/mol. The van der Waals surface area contributed by atoms with Crippen LogP contribution in [0.4, 0.5) is 5.69 Å². The van der Waals surface area contributed by atoms with Gasteiger partial charge in [0.05, 0.1) is 4.90 Å². The van der Waals surface area contributed by atoms with Crippen LogP contribution in [0.5, 0.6) is 0 Å². The second-order valence-electron chi connectivity index (χ2n) is 8.70. The largest absolute Gasteiger partial charge is 0.399 e. The zero-order valence-corrected chi connectivity index (χ0v) is 20.0. The van der Waals surface area contributed by atoms with Gasteiger partial charge in [0.25, 0.3) is 0 Å². The minimum atomic E-state index is -3.94. The summed E-state index contributed by atoms with van der Waals surface area (Å²) in [6.07, 6.45) is 4.07. The molecule has 1 saturated carbocycles. The second-order valence-corrected chi connectivity index (χ2v) is 10.4. The number of nitrogens with two attached hydrogens (primary N) is 1. The van der Waals surface area contributed by atoms with E-state index in [9.17, 15) is 13.2 Å². The molecular formula is C27H29N3O3S. The summed E-state index contributed by atoms with van der Waals surface area (Å²) in [5.74, 6) is 5.71. The van der Waals surface area contributed by atoms with Gasteiger partial charge in [-0.3, -0.25) is 4.79 Å². The van der Waals surface area contributed by atoms with Gasteiger partial charge in [-0.15, -0.1) is 0 Å². The van der Waals surface area contributed by atoms with Crippen LogP contribution in [0.1, 0.15) is 37.7 Å². The van der Waals surface area contributed by atoms with Crippen LogP contribution in [-0.4, -0.2) is 38.4 Å². The Bertz CT molecular complexity index is 1350. The van der Waals surface area contributed by atoms with Crippen molar-refractivity contribution >= 4 is 32.4 Å². The van der Waals surface area contributed by atoms with Crippen molar-refractivity contribution in [2.24, 2.45) is 0 Å². The Kier molecular flexibility index (Phi) is 7.20. The number of nitrogens with zero attached hydrogens (tertiary/aromatic N) is 1. The highest BCUT2D eigenvalue weighted by Gasteiger charge is 2.31. The van der Waals surface area contributed by atoms with Gasteiger partial charge in [0, 0.05) is 30.8 Å².